The van der Waals surface area contributed by atoms with Gasteiger partial charge < -0.3 is 9.47 Å². The van der Waals surface area contributed by atoms with Crippen molar-refractivity contribution in [2.75, 3.05) is 0 Å². The van der Waals surface area contributed by atoms with Gasteiger partial charge in [-0.05, 0) is 61.9 Å². The Morgan fingerprint density at radius 3 is 2.48 bits per heavy atom. The molecular weight excluding hydrogens is 410 g/mol. The van der Waals surface area contributed by atoms with Crippen molar-refractivity contribution in [3.05, 3.63) is 100 Å². The molecule has 154 valence electrons. The van der Waals surface area contributed by atoms with Gasteiger partial charge in [0.1, 0.15) is 29.9 Å². The van der Waals surface area contributed by atoms with Gasteiger partial charge in [0.05, 0.1) is 22.0 Å². The first kappa shape index (κ1) is 20.5. The zero-order chi connectivity index (χ0) is 21.8. The second-order valence-electron chi connectivity index (χ2n) is 7.04. The van der Waals surface area contributed by atoms with E-state index in [1.54, 1.807) is 16.8 Å². The van der Waals surface area contributed by atoms with E-state index in [1.807, 2.05) is 74.5 Å². The van der Waals surface area contributed by atoms with Crippen molar-refractivity contribution in [1.29, 1.82) is 5.26 Å². The Bertz CT molecular complexity index is 1260. The maximum absolute atomic E-state index is 9.08. The van der Waals surface area contributed by atoms with Crippen LogP contribution in [-0.2, 0) is 6.61 Å². The first-order valence-corrected chi connectivity index (χ1v) is 10.1. The minimum absolute atomic E-state index is 0.382. The van der Waals surface area contributed by atoms with Gasteiger partial charge in [-0.1, -0.05) is 41.9 Å². The fourth-order valence-corrected chi connectivity index (χ4v) is 3.51. The number of hydrogen-bond acceptors (Lipinski definition) is 4. The fraction of sp³-hybridized carbons (Fsp3) is 0.120. The number of para-hydroxylation sites is 1. The van der Waals surface area contributed by atoms with Crippen molar-refractivity contribution >= 4 is 11.6 Å². The van der Waals surface area contributed by atoms with E-state index < -0.39 is 0 Å². The number of hydrogen-bond donors (Lipinski definition) is 0. The van der Waals surface area contributed by atoms with E-state index in [1.165, 1.54) is 0 Å². The van der Waals surface area contributed by atoms with Crippen molar-refractivity contribution in [2.45, 2.75) is 20.5 Å². The number of rotatable bonds is 6. The third-order valence-corrected chi connectivity index (χ3v) is 5.12. The SMILES string of the molecule is Cc1nn(-c2ccc(C#N)c(Cl)c2)c(C)c1OCc1cccc(Oc2ccccc2)c1. The molecule has 31 heavy (non-hydrogen) atoms. The van der Waals surface area contributed by atoms with Crippen LogP contribution in [0.15, 0.2) is 72.8 Å². The van der Waals surface area contributed by atoms with E-state index in [9.17, 15) is 0 Å². The monoisotopic (exact) mass is 429 g/mol. The molecule has 0 radical (unpaired) electrons. The molecule has 0 N–H and O–H groups in total. The second-order valence-corrected chi connectivity index (χ2v) is 7.45. The zero-order valence-electron chi connectivity index (χ0n) is 17.2. The van der Waals surface area contributed by atoms with Gasteiger partial charge in [0, 0.05) is 0 Å². The van der Waals surface area contributed by atoms with Gasteiger partial charge in [-0.3, -0.25) is 0 Å². The predicted molar refractivity (Wildman–Crippen MR) is 120 cm³/mol. The maximum atomic E-state index is 9.08. The molecule has 0 aliphatic rings. The highest BCUT2D eigenvalue weighted by Gasteiger charge is 2.15. The Kier molecular flexibility index (Phi) is 5.92. The van der Waals surface area contributed by atoms with Crippen LogP contribution >= 0.6 is 11.6 Å². The highest BCUT2D eigenvalue weighted by Crippen LogP contribution is 2.29. The molecule has 0 saturated heterocycles. The van der Waals surface area contributed by atoms with E-state index in [0.29, 0.717) is 17.2 Å². The van der Waals surface area contributed by atoms with Gasteiger partial charge >= 0.3 is 0 Å². The summed E-state index contributed by atoms with van der Waals surface area (Å²) >= 11 is 6.19. The maximum Gasteiger partial charge on any atom is 0.163 e. The molecular formula is C25H20ClN3O2. The molecule has 0 unspecified atom stereocenters. The Balaban J connectivity index is 1.51. The van der Waals surface area contributed by atoms with E-state index in [4.69, 9.17) is 26.3 Å². The first-order chi connectivity index (χ1) is 15.0. The summed E-state index contributed by atoms with van der Waals surface area (Å²) in [6, 6.07) is 24.8. The van der Waals surface area contributed by atoms with Gasteiger partial charge in [0.2, 0.25) is 0 Å². The Hall–Kier alpha value is -3.75. The average molecular weight is 430 g/mol. The summed E-state index contributed by atoms with van der Waals surface area (Å²) in [5.74, 6) is 2.26. The Labute approximate surface area is 186 Å². The number of aryl methyl sites for hydroxylation is 1. The summed E-state index contributed by atoms with van der Waals surface area (Å²) in [4.78, 5) is 0. The lowest BCUT2D eigenvalue weighted by molar-refractivity contribution is 0.301. The predicted octanol–water partition coefficient (Wildman–Crippen LogP) is 6.39. The fourth-order valence-electron chi connectivity index (χ4n) is 3.29. The van der Waals surface area contributed by atoms with Crippen LogP contribution in [0.1, 0.15) is 22.5 Å². The highest BCUT2D eigenvalue weighted by atomic mass is 35.5. The topological polar surface area (TPSA) is 60.1 Å². The molecule has 0 aliphatic heterocycles. The largest absolute Gasteiger partial charge is 0.485 e. The van der Waals surface area contributed by atoms with E-state index in [0.717, 1.165) is 39.9 Å². The van der Waals surface area contributed by atoms with E-state index in [-0.39, 0.29) is 0 Å². The molecule has 0 spiro atoms. The summed E-state index contributed by atoms with van der Waals surface area (Å²) in [5, 5.41) is 14.1. The lowest BCUT2D eigenvalue weighted by atomic mass is 10.2. The van der Waals surface area contributed by atoms with Gasteiger partial charge in [0.25, 0.3) is 0 Å². The van der Waals surface area contributed by atoms with Crippen LogP contribution in [0, 0.1) is 25.2 Å². The summed E-state index contributed by atoms with van der Waals surface area (Å²) in [6.45, 7) is 4.23. The van der Waals surface area contributed by atoms with Gasteiger partial charge in [-0.25, -0.2) is 4.68 Å². The number of halogens is 1. The third-order valence-electron chi connectivity index (χ3n) is 4.80. The van der Waals surface area contributed by atoms with Crippen LogP contribution in [0.25, 0.3) is 5.69 Å². The molecule has 0 saturated carbocycles. The number of ether oxygens (including phenoxy) is 2. The van der Waals surface area contributed by atoms with Gasteiger partial charge in [-0.15, -0.1) is 0 Å². The molecule has 0 bridgehead atoms. The number of nitrogens with zero attached hydrogens (tertiary/aromatic N) is 3. The lowest BCUT2D eigenvalue weighted by Crippen LogP contribution is -2.01. The minimum Gasteiger partial charge on any atom is -0.485 e. The van der Waals surface area contributed by atoms with E-state index in [2.05, 4.69) is 11.2 Å². The quantitative estimate of drug-likeness (QED) is 0.356. The minimum atomic E-state index is 0.382. The van der Waals surface area contributed by atoms with Crippen LogP contribution < -0.4 is 9.47 Å². The second kappa shape index (κ2) is 8.95. The molecule has 0 atom stereocenters. The molecule has 5 nitrogen and oxygen atoms in total. The third kappa shape index (κ3) is 4.55. The van der Waals surface area contributed by atoms with E-state index >= 15 is 0 Å². The number of nitriles is 1. The van der Waals surface area contributed by atoms with Crippen molar-refractivity contribution in [3.8, 4) is 29.0 Å². The Morgan fingerprint density at radius 1 is 0.968 bits per heavy atom. The molecule has 4 aromatic rings. The number of aromatic nitrogens is 2. The van der Waals surface area contributed by atoms with Crippen molar-refractivity contribution in [2.24, 2.45) is 0 Å². The van der Waals surface area contributed by atoms with Crippen molar-refractivity contribution in [1.82, 2.24) is 9.78 Å². The normalized spacial score (nSPS) is 10.5. The first-order valence-electron chi connectivity index (χ1n) is 9.76. The molecule has 4 rings (SSSR count). The molecule has 1 aromatic heterocycles. The molecule has 6 heteroatoms. The van der Waals surface area contributed by atoms with Gasteiger partial charge in [0.15, 0.2) is 5.75 Å². The summed E-state index contributed by atoms with van der Waals surface area (Å²) < 4.78 is 13.8. The van der Waals surface area contributed by atoms with Crippen LogP contribution in [0.3, 0.4) is 0 Å². The molecule has 0 amide bonds. The molecule has 0 aliphatic carbocycles. The molecule has 3 aromatic carbocycles. The van der Waals surface area contributed by atoms with Crippen molar-refractivity contribution in [3.63, 3.8) is 0 Å². The standard InChI is InChI=1S/C25H20ClN3O2/c1-17-25(18(2)29(28-17)21-12-11-20(15-27)24(26)14-21)30-16-19-7-6-10-23(13-19)31-22-8-4-3-5-9-22/h3-14H,16H2,1-2H3. The molecule has 1 heterocycles. The van der Waals surface area contributed by atoms with Gasteiger partial charge in [-0.2, -0.15) is 10.4 Å². The smallest absolute Gasteiger partial charge is 0.163 e. The molecule has 0 fully saturated rings. The van der Waals surface area contributed by atoms with Crippen molar-refractivity contribution < 1.29 is 9.47 Å². The zero-order valence-corrected chi connectivity index (χ0v) is 17.9. The van der Waals surface area contributed by atoms with Crippen LogP contribution in [0.5, 0.6) is 17.2 Å². The average Bonchev–Trinajstić information content (AvgIpc) is 3.06. The van der Waals surface area contributed by atoms with Crippen LogP contribution in [0.4, 0.5) is 0 Å². The highest BCUT2D eigenvalue weighted by molar-refractivity contribution is 6.31. The summed E-state index contributed by atoms with van der Waals surface area (Å²) in [5.41, 5.74) is 3.82. The van der Waals surface area contributed by atoms with Crippen LogP contribution in [-0.4, -0.2) is 9.78 Å². The number of benzene rings is 3. The van der Waals surface area contributed by atoms with Crippen LogP contribution in [0.2, 0.25) is 5.02 Å². The summed E-state index contributed by atoms with van der Waals surface area (Å²) in [6.07, 6.45) is 0. The summed E-state index contributed by atoms with van der Waals surface area (Å²) in [7, 11) is 0. The lowest BCUT2D eigenvalue weighted by Gasteiger charge is -2.10. The Morgan fingerprint density at radius 2 is 1.74 bits per heavy atom.